The van der Waals surface area contributed by atoms with E-state index in [0.29, 0.717) is 27.5 Å². The zero-order chi connectivity index (χ0) is 25.3. The molecule has 4 heterocycles. The molecular weight excluding hydrogens is 489 g/mol. The van der Waals surface area contributed by atoms with Crippen LogP contribution in [-0.2, 0) is 4.57 Å². The van der Waals surface area contributed by atoms with Crippen molar-refractivity contribution in [2.24, 2.45) is 0 Å². The summed E-state index contributed by atoms with van der Waals surface area (Å²) in [7, 11) is -3.52. The van der Waals surface area contributed by atoms with Gasteiger partial charge in [0.05, 0.1) is 11.4 Å². The van der Waals surface area contributed by atoms with E-state index in [9.17, 15) is 0 Å². The van der Waals surface area contributed by atoms with E-state index < -0.39 is 7.14 Å². The molecule has 8 rings (SSSR count). The van der Waals surface area contributed by atoms with Crippen molar-refractivity contribution in [2.75, 3.05) is 0 Å². The third-order valence-electron chi connectivity index (χ3n) is 7.29. The number of hydrogen-bond acceptors (Lipinski definition) is 4. The fourth-order valence-electron chi connectivity index (χ4n) is 5.53. The van der Waals surface area contributed by atoms with Crippen LogP contribution < -0.4 is 16.3 Å². The minimum absolute atomic E-state index is 0.474. The van der Waals surface area contributed by atoms with E-state index in [0.717, 1.165) is 44.4 Å². The standard InChI is InChI=1S/C33H20NO3P/c35-38(23-19-26(21-11-3-1-4-12-21)34-27(20-23)22-13-5-2-6-14-22)32-30(24-15-7-9-17-28(24)36-32)31-25-16-8-10-18-29(25)37-33(31)38/h1-20H. The molecule has 0 N–H and O–H groups in total. The molecule has 0 fully saturated rings. The maximum atomic E-state index is 15.6. The highest BCUT2D eigenvalue weighted by Crippen LogP contribution is 2.57. The third kappa shape index (κ3) is 2.92. The number of nitrogens with zero attached hydrogens (tertiary/aromatic N) is 1. The number of benzene rings is 4. The molecule has 0 bridgehead atoms. The SMILES string of the molecule is O=P1(c2cc(-c3ccccc3)nc(-c3ccccc3)c2)c2oc3ccccc3c2-c2c1oc1ccccc21. The van der Waals surface area contributed by atoms with Crippen LogP contribution in [0.4, 0.5) is 0 Å². The molecule has 5 heteroatoms. The predicted octanol–water partition coefficient (Wildman–Crippen LogP) is 7.53. The second-order valence-electron chi connectivity index (χ2n) is 9.49. The van der Waals surface area contributed by atoms with Gasteiger partial charge in [-0.25, -0.2) is 4.98 Å². The summed E-state index contributed by atoms with van der Waals surface area (Å²) in [6.07, 6.45) is 0. The Morgan fingerprint density at radius 2 is 0.947 bits per heavy atom. The predicted molar refractivity (Wildman–Crippen MR) is 153 cm³/mol. The van der Waals surface area contributed by atoms with Gasteiger partial charge in [0.15, 0.2) is 11.0 Å². The number of hydrogen-bond donors (Lipinski definition) is 0. The molecule has 0 amide bonds. The Bertz CT molecular complexity index is 1910. The van der Waals surface area contributed by atoms with Crippen LogP contribution >= 0.6 is 7.14 Å². The maximum absolute atomic E-state index is 15.6. The molecule has 38 heavy (non-hydrogen) atoms. The molecule has 0 spiro atoms. The third-order valence-corrected chi connectivity index (χ3v) is 10.0. The molecule has 4 nitrogen and oxygen atoms in total. The Balaban J connectivity index is 1.49. The summed E-state index contributed by atoms with van der Waals surface area (Å²) in [5, 5.41) is 2.52. The van der Waals surface area contributed by atoms with Crippen molar-refractivity contribution in [3.8, 4) is 33.6 Å². The molecule has 1 aliphatic heterocycles. The van der Waals surface area contributed by atoms with Crippen molar-refractivity contribution in [3.05, 3.63) is 121 Å². The van der Waals surface area contributed by atoms with Gasteiger partial charge in [-0.2, -0.15) is 0 Å². The van der Waals surface area contributed by atoms with Gasteiger partial charge in [-0.15, -0.1) is 0 Å². The molecule has 0 saturated carbocycles. The van der Waals surface area contributed by atoms with Gasteiger partial charge in [0, 0.05) is 38.3 Å². The molecule has 0 saturated heterocycles. The van der Waals surface area contributed by atoms with Crippen LogP contribution in [0.5, 0.6) is 0 Å². The molecule has 0 aliphatic carbocycles. The lowest BCUT2D eigenvalue weighted by Crippen LogP contribution is -2.20. The molecular formula is C33H20NO3P. The maximum Gasteiger partial charge on any atom is 0.239 e. The highest BCUT2D eigenvalue weighted by atomic mass is 31.2. The Kier molecular flexibility index (Phi) is 4.46. The van der Waals surface area contributed by atoms with E-state index in [1.807, 2.05) is 121 Å². The van der Waals surface area contributed by atoms with Crippen LogP contribution in [0.3, 0.4) is 0 Å². The van der Waals surface area contributed by atoms with Gasteiger partial charge in [0.1, 0.15) is 11.2 Å². The van der Waals surface area contributed by atoms with Gasteiger partial charge in [-0.1, -0.05) is 97.1 Å². The summed E-state index contributed by atoms with van der Waals surface area (Å²) in [5.41, 5.74) is 7.51. The normalized spacial score (nSPS) is 13.6. The summed E-state index contributed by atoms with van der Waals surface area (Å²) < 4.78 is 28.4. The van der Waals surface area contributed by atoms with Gasteiger partial charge in [0.25, 0.3) is 0 Å². The first-order valence-corrected chi connectivity index (χ1v) is 14.2. The minimum Gasteiger partial charge on any atom is -0.452 e. The molecule has 7 aromatic rings. The first-order valence-electron chi connectivity index (χ1n) is 12.5. The lowest BCUT2D eigenvalue weighted by atomic mass is 10.0. The van der Waals surface area contributed by atoms with E-state index in [1.54, 1.807) is 0 Å². The lowest BCUT2D eigenvalue weighted by Gasteiger charge is -2.15. The van der Waals surface area contributed by atoms with E-state index in [2.05, 4.69) is 0 Å². The average molecular weight is 510 g/mol. The fraction of sp³-hybridized carbons (Fsp3) is 0. The average Bonchev–Trinajstić information content (AvgIpc) is 3.62. The van der Waals surface area contributed by atoms with Crippen LogP contribution in [0.15, 0.2) is 130 Å². The van der Waals surface area contributed by atoms with Gasteiger partial charge in [0.2, 0.25) is 7.14 Å². The van der Waals surface area contributed by atoms with Gasteiger partial charge < -0.3 is 13.4 Å². The highest BCUT2D eigenvalue weighted by Gasteiger charge is 2.49. The largest absolute Gasteiger partial charge is 0.452 e. The first-order chi connectivity index (χ1) is 18.7. The van der Waals surface area contributed by atoms with Crippen molar-refractivity contribution in [1.82, 2.24) is 4.98 Å². The minimum atomic E-state index is -3.52. The van der Waals surface area contributed by atoms with Crippen molar-refractivity contribution < 1.29 is 13.4 Å². The number of fused-ring (bicyclic) bond motifs is 7. The Morgan fingerprint density at radius 3 is 1.42 bits per heavy atom. The van der Waals surface area contributed by atoms with Crippen molar-refractivity contribution in [3.63, 3.8) is 0 Å². The monoisotopic (exact) mass is 509 g/mol. The zero-order valence-corrected chi connectivity index (χ0v) is 21.1. The number of furan rings is 2. The van der Waals surface area contributed by atoms with Crippen LogP contribution in [0, 0.1) is 0 Å². The molecule has 1 aliphatic rings. The van der Waals surface area contributed by atoms with Crippen molar-refractivity contribution in [2.45, 2.75) is 0 Å². The van der Waals surface area contributed by atoms with E-state index >= 15 is 4.57 Å². The van der Waals surface area contributed by atoms with Crippen LogP contribution in [0.2, 0.25) is 0 Å². The Hall–Kier alpha value is -4.66. The van der Waals surface area contributed by atoms with E-state index in [-0.39, 0.29) is 0 Å². The first kappa shape index (κ1) is 21.4. The molecule has 180 valence electrons. The number of para-hydroxylation sites is 2. The second-order valence-corrected chi connectivity index (χ2v) is 12.0. The molecule has 0 atom stereocenters. The lowest BCUT2D eigenvalue weighted by molar-refractivity contribution is 0.571. The number of aromatic nitrogens is 1. The quantitative estimate of drug-likeness (QED) is 0.231. The summed E-state index contributed by atoms with van der Waals surface area (Å²) in [4.78, 5) is 4.99. The summed E-state index contributed by atoms with van der Waals surface area (Å²) in [6, 6.07) is 39.6. The van der Waals surface area contributed by atoms with Crippen LogP contribution in [0.1, 0.15) is 0 Å². The van der Waals surface area contributed by atoms with E-state index in [1.165, 1.54) is 0 Å². The smallest absolute Gasteiger partial charge is 0.239 e. The topological polar surface area (TPSA) is 56.2 Å². The number of pyridine rings is 1. The second kappa shape index (κ2) is 7.92. The number of rotatable bonds is 3. The van der Waals surface area contributed by atoms with Gasteiger partial charge in [-0.3, -0.25) is 0 Å². The zero-order valence-electron chi connectivity index (χ0n) is 20.2. The Labute approximate surface area is 218 Å². The summed E-state index contributed by atoms with van der Waals surface area (Å²) in [6.45, 7) is 0. The Morgan fingerprint density at radius 1 is 0.526 bits per heavy atom. The van der Waals surface area contributed by atoms with E-state index in [4.69, 9.17) is 13.8 Å². The summed E-state index contributed by atoms with van der Waals surface area (Å²) in [5.74, 6) is 0. The van der Waals surface area contributed by atoms with Crippen molar-refractivity contribution >= 4 is 45.4 Å². The van der Waals surface area contributed by atoms with Crippen LogP contribution in [0.25, 0.3) is 55.6 Å². The van der Waals surface area contributed by atoms with Crippen molar-refractivity contribution in [1.29, 1.82) is 0 Å². The molecule has 0 unspecified atom stereocenters. The van der Waals surface area contributed by atoms with Gasteiger partial charge >= 0.3 is 0 Å². The summed E-state index contributed by atoms with van der Waals surface area (Å²) >= 11 is 0. The van der Waals surface area contributed by atoms with Gasteiger partial charge in [-0.05, 0) is 24.3 Å². The molecule has 4 aromatic carbocycles. The molecule has 0 radical (unpaired) electrons. The fourth-order valence-corrected chi connectivity index (χ4v) is 8.34. The molecule has 3 aromatic heterocycles. The van der Waals surface area contributed by atoms with Crippen LogP contribution in [-0.4, -0.2) is 4.98 Å². The highest BCUT2D eigenvalue weighted by molar-refractivity contribution is 7.85.